The lowest BCUT2D eigenvalue weighted by molar-refractivity contribution is -0.123. The summed E-state index contributed by atoms with van der Waals surface area (Å²) in [5, 5.41) is 0. The zero-order chi connectivity index (χ0) is 20.1. The molecule has 0 unspecified atom stereocenters. The summed E-state index contributed by atoms with van der Waals surface area (Å²) in [6.07, 6.45) is 0. The molecule has 0 spiro atoms. The van der Waals surface area contributed by atoms with E-state index >= 15 is 0 Å². The molecule has 1 amide bonds. The number of benzene rings is 2. The second kappa shape index (κ2) is 9.50. The Bertz CT molecular complexity index is 849. The van der Waals surface area contributed by atoms with Gasteiger partial charge in [-0.15, -0.1) is 0 Å². The van der Waals surface area contributed by atoms with Crippen LogP contribution in [-0.2, 0) is 32.2 Å². The molecule has 0 aromatic heterocycles. The molecule has 2 aliphatic heterocycles. The zero-order valence-corrected chi connectivity index (χ0v) is 16.9. The summed E-state index contributed by atoms with van der Waals surface area (Å²) in [6.45, 7) is 6.03. The van der Waals surface area contributed by atoms with Crippen molar-refractivity contribution in [1.82, 2.24) is 4.90 Å². The Hall–Kier alpha value is -2.25. The lowest BCUT2D eigenvalue weighted by Crippen LogP contribution is -2.43. The molecule has 29 heavy (non-hydrogen) atoms. The lowest BCUT2D eigenvalue weighted by Gasteiger charge is -2.30. The summed E-state index contributed by atoms with van der Waals surface area (Å²) in [7, 11) is 1.70. The van der Waals surface area contributed by atoms with Crippen molar-refractivity contribution in [3.63, 3.8) is 0 Å². The topological polar surface area (TPSA) is 51.2 Å². The summed E-state index contributed by atoms with van der Waals surface area (Å²) in [5.41, 5.74) is 5.40. The van der Waals surface area contributed by atoms with Crippen molar-refractivity contribution < 1.29 is 19.0 Å². The van der Waals surface area contributed by atoms with Crippen molar-refractivity contribution >= 4 is 11.6 Å². The van der Waals surface area contributed by atoms with Gasteiger partial charge in [-0.2, -0.15) is 0 Å². The van der Waals surface area contributed by atoms with Crippen LogP contribution in [0.2, 0.25) is 0 Å². The number of anilines is 1. The largest absolute Gasteiger partial charge is 0.380 e. The summed E-state index contributed by atoms with van der Waals surface area (Å²) >= 11 is 0. The second-order valence-electron chi connectivity index (χ2n) is 7.47. The number of methoxy groups -OCH3 is 1. The Labute approximate surface area is 172 Å². The predicted molar refractivity (Wildman–Crippen MR) is 112 cm³/mol. The van der Waals surface area contributed by atoms with Gasteiger partial charge in [-0.3, -0.25) is 9.69 Å². The zero-order valence-electron chi connectivity index (χ0n) is 16.9. The first-order valence-corrected chi connectivity index (χ1v) is 10.1. The standard InChI is InChI=1S/C23H28N2O4/c1-27-15-18-3-2-4-19(13-18)20-5-6-22-21(14-20)16-29-17-23(26)25(22)8-7-24-9-11-28-12-10-24/h2-6,13-14H,7-12,15-17H2,1H3. The van der Waals surface area contributed by atoms with Crippen LogP contribution in [0, 0.1) is 0 Å². The van der Waals surface area contributed by atoms with Crippen molar-refractivity contribution in [2.45, 2.75) is 13.2 Å². The smallest absolute Gasteiger partial charge is 0.253 e. The van der Waals surface area contributed by atoms with Crippen LogP contribution in [-0.4, -0.2) is 63.9 Å². The van der Waals surface area contributed by atoms with E-state index in [1.165, 1.54) is 0 Å². The molecule has 154 valence electrons. The van der Waals surface area contributed by atoms with E-state index in [4.69, 9.17) is 14.2 Å². The summed E-state index contributed by atoms with van der Waals surface area (Å²) in [4.78, 5) is 16.9. The maximum atomic E-state index is 12.7. The van der Waals surface area contributed by atoms with E-state index in [2.05, 4.69) is 41.3 Å². The minimum atomic E-state index is 0.0202. The van der Waals surface area contributed by atoms with Crippen LogP contribution in [0.4, 0.5) is 5.69 Å². The van der Waals surface area contributed by atoms with Gasteiger partial charge in [0.15, 0.2) is 0 Å². The molecule has 1 saturated heterocycles. The van der Waals surface area contributed by atoms with Crippen molar-refractivity contribution in [2.24, 2.45) is 0 Å². The number of nitrogens with zero attached hydrogens (tertiary/aromatic N) is 2. The molecular formula is C23H28N2O4. The van der Waals surface area contributed by atoms with E-state index in [-0.39, 0.29) is 12.5 Å². The van der Waals surface area contributed by atoms with E-state index in [1.54, 1.807) is 7.11 Å². The number of morpholine rings is 1. The van der Waals surface area contributed by atoms with Gasteiger partial charge in [0.05, 0.1) is 26.4 Å². The number of rotatable bonds is 6. The molecule has 2 aromatic rings. The Morgan fingerprint density at radius 3 is 2.62 bits per heavy atom. The van der Waals surface area contributed by atoms with Gasteiger partial charge in [0.1, 0.15) is 6.61 Å². The number of carbonyl (C=O) groups excluding carboxylic acids is 1. The molecule has 6 heteroatoms. The average Bonchev–Trinajstić information content (AvgIpc) is 2.91. The Morgan fingerprint density at radius 2 is 1.79 bits per heavy atom. The summed E-state index contributed by atoms with van der Waals surface area (Å²) in [5.74, 6) is 0.0202. The number of carbonyl (C=O) groups is 1. The molecule has 0 atom stereocenters. The molecule has 2 aliphatic rings. The molecular weight excluding hydrogens is 368 g/mol. The normalized spacial score (nSPS) is 17.8. The monoisotopic (exact) mass is 396 g/mol. The predicted octanol–water partition coefficient (Wildman–Crippen LogP) is 2.70. The van der Waals surface area contributed by atoms with E-state index in [0.717, 1.165) is 60.8 Å². The van der Waals surface area contributed by atoms with Gasteiger partial charge in [0.2, 0.25) is 0 Å². The highest BCUT2D eigenvalue weighted by molar-refractivity contribution is 5.96. The van der Waals surface area contributed by atoms with E-state index in [9.17, 15) is 4.79 Å². The lowest BCUT2D eigenvalue weighted by atomic mass is 10.00. The maximum absolute atomic E-state index is 12.7. The van der Waals surface area contributed by atoms with Crippen molar-refractivity contribution in [1.29, 1.82) is 0 Å². The first kappa shape index (κ1) is 20.0. The highest BCUT2D eigenvalue weighted by atomic mass is 16.5. The van der Waals surface area contributed by atoms with E-state index in [1.807, 2.05) is 11.0 Å². The highest BCUT2D eigenvalue weighted by Gasteiger charge is 2.24. The molecule has 0 N–H and O–H groups in total. The summed E-state index contributed by atoms with van der Waals surface area (Å²) in [6, 6.07) is 14.6. The molecule has 0 radical (unpaired) electrons. The molecule has 0 saturated carbocycles. The number of fused-ring (bicyclic) bond motifs is 1. The van der Waals surface area contributed by atoms with Crippen molar-refractivity contribution in [3.8, 4) is 11.1 Å². The fourth-order valence-electron chi connectivity index (χ4n) is 3.92. The maximum Gasteiger partial charge on any atom is 0.253 e. The van der Waals surface area contributed by atoms with Crippen LogP contribution < -0.4 is 4.90 Å². The molecule has 2 aromatic carbocycles. The Morgan fingerprint density at radius 1 is 0.966 bits per heavy atom. The van der Waals surface area contributed by atoms with Crippen molar-refractivity contribution in [3.05, 3.63) is 53.6 Å². The third kappa shape index (κ3) is 4.85. The minimum absolute atomic E-state index is 0.0202. The fourth-order valence-corrected chi connectivity index (χ4v) is 3.92. The third-order valence-electron chi connectivity index (χ3n) is 5.47. The number of hydrogen-bond donors (Lipinski definition) is 0. The van der Waals surface area contributed by atoms with Gasteiger partial charge >= 0.3 is 0 Å². The van der Waals surface area contributed by atoms with E-state index in [0.29, 0.717) is 19.8 Å². The first-order valence-electron chi connectivity index (χ1n) is 10.1. The highest BCUT2D eigenvalue weighted by Crippen LogP contribution is 2.30. The second-order valence-corrected chi connectivity index (χ2v) is 7.47. The molecule has 1 fully saturated rings. The molecule has 6 nitrogen and oxygen atoms in total. The van der Waals surface area contributed by atoms with Gasteiger partial charge in [-0.05, 0) is 34.9 Å². The van der Waals surface area contributed by atoms with Crippen LogP contribution in [0.25, 0.3) is 11.1 Å². The van der Waals surface area contributed by atoms with Crippen LogP contribution in [0.15, 0.2) is 42.5 Å². The van der Waals surface area contributed by atoms with Gasteiger partial charge in [0.25, 0.3) is 5.91 Å². The van der Waals surface area contributed by atoms with Crippen LogP contribution in [0.3, 0.4) is 0 Å². The van der Waals surface area contributed by atoms with E-state index < -0.39 is 0 Å². The van der Waals surface area contributed by atoms with Gasteiger partial charge in [-0.1, -0.05) is 24.3 Å². The van der Waals surface area contributed by atoms with Crippen LogP contribution in [0.1, 0.15) is 11.1 Å². The summed E-state index contributed by atoms with van der Waals surface area (Å²) < 4.78 is 16.3. The fraction of sp³-hybridized carbons (Fsp3) is 0.435. The van der Waals surface area contributed by atoms with Crippen molar-refractivity contribution in [2.75, 3.05) is 58.0 Å². The third-order valence-corrected chi connectivity index (χ3v) is 5.47. The first-order chi connectivity index (χ1) is 14.2. The molecule has 2 heterocycles. The van der Waals surface area contributed by atoms with Gasteiger partial charge < -0.3 is 19.1 Å². The molecule has 4 rings (SSSR count). The Balaban J connectivity index is 1.56. The molecule has 0 bridgehead atoms. The SMILES string of the molecule is COCc1cccc(-c2ccc3c(c2)COCC(=O)N3CCN2CCOCC2)c1. The minimum Gasteiger partial charge on any atom is -0.380 e. The quantitative estimate of drug-likeness (QED) is 0.752. The Kier molecular flexibility index (Phi) is 6.56. The number of hydrogen-bond acceptors (Lipinski definition) is 5. The number of amides is 1. The molecule has 0 aliphatic carbocycles. The van der Waals surface area contributed by atoms with Gasteiger partial charge in [0, 0.05) is 44.5 Å². The average molecular weight is 396 g/mol. The number of ether oxygens (including phenoxy) is 3. The van der Waals surface area contributed by atoms with Crippen LogP contribution >= 0.6 is 0 Å². The van der Waals surface area contributed by atoms with Gasteiger partial charge in [-0.25, -0.2) is 0 Å². The van der Waals surface area contributed by atoms with Crippen LogP contribution in [0.5, 0.6) is 0 Å².